The van der Waals surface area contributed by atoms with Crippen LogP contribution in [0.4, 0.5) is 0 Å². The normalized spacial score (nSPS) is 19.0. The number of nitrogens with zero attached hydrogens (tertiary/aromatic N) is 5. The van der Waals surface area contributed by atoms with Crippen molar-refractivity contribution in [2.24, 2.45) is 0 Å². The highest BCUT2D eigenvalue weighted by Gasteiger charge is 2.29. The third kappa shape index (κ3) is 3.60. The number of benzene rings is 1. The summed E-state index contributed by atoms with van der Waals surface area (Å²) in [6.07, 6.45) is 6.57. The maximum Gasteiger partial charge on any atom is 0.188 e. The van der Waals surface area contributed by atoms with Crippen LogP contribution in [-0.2, 0) is 16.4 Å². The largest absolute Gasteiger partial charge is 0.298 e. The van der Waals surface area contributed by atoms with Crippen LogP contribution in [-0.4, -0.2) is 52.2 Å². The molecule has 3 heterocycles. The molecule has 0 amide bonds. The standard InChI is InChI=1S/C17H19N5O2S2/c1-26(23,24)17-16(20-21-25-17)13-3-2-8-22(11-13)10-12-4-5-14-15(9-12)19-7-6-18-14/h4-7,9,13H,2-3,8,10-11H2,1H3/t13-/m1/s1. The predicted octanol–water partition coefficient (Wildman–Crippen LogP) is 2.26. The molecule has 1 aliphatic heterocycles. The molecule has 0 saturated carbocycles. The minimum Gasteiger partial charge on any atom is -0.298 e. The van der Waals surface area contributed by atoms with E-state index in [4.69, 9.17) is 0 Å². The Morgan fingerprint density at radius 2 is 2.04 bits per heavy atom. The van der Waals surface area contributed by atoms with E-state index in [2.05, 4.69) is 36.6 Å². The Balaban J connectivity index is 1.52. The fraction of sp³-hybridized carbons (Fsp3) is 0.412. The van der Waals surface area contributed by atoms with Crippen molar-refractivity contribution in [2.45, 2.75) is 29.5 Å². The summed E-state index contributed by atoms with van der Waals surface area (Å²) < 4.78 is 28.1. The number of hydrogen-bond donors (Lipinski definition) is 0. The smallest absolute Gasteiger partial charge is 0.188 e. The van der Waals surface area contributed by atoms with E-state index in [9.17, 15) is 8.42 Å². The Morgan fingerprint density at radius 3 is 2.85 bits per heavy atom. The molecule has 0 unspecified atom stereocenters. The monoisotopic (exact) mass is 389 g/mol. The highest BCUT2D eigenvalue weighted by molar-refractivity contribution is 7.92. The molecule has 1 aromatic carbocycles. The molecule has 7 nitrogen and oxygen atoms in total. The fourth-order valence-electron chi connectivity index (χ4n) is 3.48. The van der Waals surface area contributed by atoms with Gasteiger partial charge in [0.25, 0.3) is 0 Å². The van der Waals surface area contributed by atoms with Crippen molar-refractivity contribution >= 4 is 32.4 Å². The van der Waals surface area contributed by atoms with Crippen molar-refractivity contribution in [1.29, 1.82) is 0 Å². The molecule has 9 heteroatoms. The molecule has 26 heavy (non-hydrogen) atoms. The minimum absolute atomic E-state index is 0.104. The molecule has 0 bridgehead atoms. The SMILES string of the molecule is CS(=O)(=O)c1snnc1[C@@H]1CCCN(Cc2ccc3nccnc3c2)C1. The van der Waals surface area contributed by atoms with Crippen molar-refractivity contribution in [3.05, 3.63) is 41.9 Å². The molecule has 4 rings (SSSR count). The van der Waals surface area contributed by atoms with Gasteiger partial charge in [0, 0.05) is 49.2 Å². The molecule has 1 saturated heterocycles. The summed E-state index contributed by atoms with van der Waals surface area (Å²) >= 11 is 0.974. The number of sulfone groups is 1. The van der Waals surface area contributed by atoms with Crippen LogP contribution in [0, 0.1) is 0 Å². The molecule has 2 aromatic heterocycles. The average molecular weight is 390 g/mol. The molecule has 0 aliphatic carbocycles. The van der Waals surface area contributed by atoms with Crippen LogP contribution < -0.4 is 0 Å². The fourth-order valence-corrected chi connectivity index (χ4v) is 5.22. The summed E-state index contributed by atoms with van der Waals surface area (Å²) in [4.78, 5) is 11.0. The average Bonchev–Trinajstić information content (AvgIpc) is 3.12. The number of likely N-dealkylation sites (tertiary alicyclic amines) is 1. The first-order valence-electron chi connectivity index (χ1n) is 8.45. The van der Waals surface area contributed by atoms with Gasteiger partial charge in [0.15, 0.2) is 14.0 Å². The molecule has 1 fully saturated rings. The van der Waals surface area contributed by atoms with Crippen LogP contribution in [0.5, 0.6) is 0 Å². The van der Waals surface area contributed by atoms with Crippen molar-refractivity contribution < 1.29 is 8.42 Å². The Labute approximate surface area is 156 Å². The van der Waals surface area contributed by atoms with Gasteiger partial charge >= 0.3 is 0 Å². The molecule has 1 aliphatic rings. The molecule has 0 N–H and O–H groups in total. The highest BCUT2D eigenvalue weighted by Crippen LogP contribution is 2.32. The molecule has 3 aromatic rings. The summed E-state index contributed by atoms with van der Waals surface area (Å²) in [6.45, 7) is 2.57. The first-order chi connectivity index (χ1) is 12.5. The number of rotatable bonds is 4. The molecular formula is C17H19N5O2S2. The van der Waals surface area contributed by atoms with E-state index in [0.717, 1.165) is 55.0 Å². The van der Waals surface area contributed by atoms with Crippen molar-refractivity contribution in [1.82, 2.24) is 24.5 Å². The van der Waals surface area contributed by atoms with Crippen LogP contribution in [0.15, 0.2) is 34.8 Å². The van der Waals surface area contributed by atoms with Gasteiger partial charge in [-0.3, -0.25) is 14.9 Å². The minimum atomic E-state index is -3.28. The van der Waals surface area contributed by atoms with Gasteiger partial charge in [-0.1, -0.05) is 10.6 Å². The summed E-state index contributed by atoms with van der Waals surface area (Å²) in [7, 11) is -3.28. The summed E-state index contributed by atoms with van der Waals surface area (Å²) in [6, 6.07) is 6.14. The van der Waals surface area contributed by atoms with Crippen LogP contribution in [0.3, 0.4) is 0 Å². The first kappa shape index (κ1) is 17.4. The Bertz CT molecular complexity index is 1030. The summed E-state index contributed by atoms with van der Waals surface area (Å²) in [5.74, 6) is 0.104. The molecule has 1 atom stereocenters. The van der Waals surface area contributed by atoms with Crippen LogP contribution >= 0.6 is 11.5 Å². The maximum atomic E-state index is 12.0. The van der Waals surface area contributed by atoms with Gasteiger partial charge in [-0.2, -0.15) is 0 Å². The molecule has 136 valence electrons. The number of piperidine rings is 1. The van der Waals surface area contributed by atoms with E-state index < -0.39 is 9.84 Å². The van der Waals surface area contributed by atoms with Gasteiger partial charge in [-0.25, -0.2) is 8.42 Å². The highest BCUT2D eigenvalue weighted by atomic mass is 32.2. The lowest BCUT2D eigenvalue weighted by Gasteiger charge is -2.32. The lowest BCUT2D eigenvalue weighted by molar-refractivity contribution is 0.197. The van der Waals surface area contributed by atoms with E-state index >= 15 is 0 Å². The first-order valence-corrected chi connectivity index (χ1v) is 11.1. The Kier molecular flexibility index (Phi) is 4.68. The van der Waals surface area contributed by atoms with E-state index in [1.165, 1.54) is 11.8 Å². The summed E-state index contributed by atoms with van der Waals surface area (Å²) in [5, 5.41) is 4.13. The lowest BCUT2D eigenvalue weighted by atomic mass is 9.95. The van der Waals surface area contributed by atoms with Gasteiger partial charge in [-0.05, 0) is 37.1 Å². The van der Waals surface area contributed by atoms with Crippen molar-refractivity contribution in [2.75, 3.05) is 19.3 Å². The van der Waals surface area contributed by atoms with Gasteiger partial charge in [-0.15, -0.1) is 5.10 Å². The van der Waals surface area contributed by atoms with E-state index in [1.54, 1.807) is 12.4 Å². The lowest BCUT2D eigenvalue weighted by Crippen LogP contribution is -2.34. The van der Waals surface area contributed by atoms with Gasteiger partial charge < -0.3 is 0 Å². The van der Waals surface area contributed by atoms with E-state index in [-0.39, 0.29) is 5.92 Å². The maximum absolute atomic E-state index is 12.0. The second-order valence-electron chi connectivity index (χ2n) is 6.67. The zero-order valence-corrected chi connectivity index (χ0v) is 16.0. The number of hydrogen-bond acceptors (Lipinski definition) is 8. The van der Waals surface area contributed by atoms with Gasteiger partial charge in [0.1, 0.15) is 0 Å². The topological polar surface area (TPSA) is 88.9 Å². The number of aromatic nitrogens is 4. The molecule has 0 spiro atoms. The summed E-state index contributed by atoms with van der Waals surface area (Å²) in [5.41, 5.74) is 3.59. The third-order valence-corrected chi connectivity index (χ3v) is 7.20. The Hall–Kier alpha value is -1.97. The van der Waals surface area contributed by atoms with Gasteiger partial charge in [0.05, 0.1) is 16.7 Å². The second-order valence-corrected chi connectivity index (χ2v) is 9.64. The zero-order chi connectivity index (χ0) is 18.1. The Morgan fingerprint density at radius 1 is 1.23 bits per heavy atom. The predicted molar refractivity (Wildman–Crippen MR) is 99.8 cm³/mol. The van der Waals surface area contributed by atoms with Gasteiger partial charge in [0.2, 0.25) is 0 Å². The molecule has 0 radical (unpaired) electrons. The third-order valence-electron chi connectivity index (χ3n) is 4.65. The van der Waals surface area contributed by atoms with Crippen molar-refractivity contribution in [3.8, 4) is 0 Å². The van der Waals surface area contributed by atoms with Crippen LogP contribution in [0.25, 0.3) is 11.0 Å². The second kappa shape index (κ2) is 6.98. The molecular weight excluding hydrogens is 370 g/mol. The zero-order valence-electron chi connectivity index (χ0n) is 14.4. The van der Waals surface area contributed by atoms with Crippen LogP contribution in [0.2, 0.25) is 0 Å². The number of fused-ring (bicyclic) bond motifs is 1. The quantitative estimate of drug-likeness (QED) is 0.676. The van der Waals surface area contributed by atoms with Crippen molar-refractivity contribution in [3.63, 3.8) is 0 Å². The van der Waals surface area contributed by atoms with Crippen LogP contribution in [0.1, 0.15) is 30.0 Å². The van der Waals surface area contributed by atoms with E-state index in [1.807, 2.05) is 6.07 Å². The van der Waals surface area contributed by atoms with E-state index in [0.29, 0.717) is 9.90 Å².